The van der Waals surface area contributed by atoms with Crippen LogP contribution in [0.2, 0.25) is 0 Å². The number of halogens is 2. The SMILES string of the molecule is CS(=O)(=O)N(CC(=O)Nc1ccc(Br)cc1)Cc1ccc(F)cc1. The van der Waals surface area contributed by atoms with Gasteiger partial charge in [-0.05, 0) is 42.0 Å². The van der Waals surface area contributed by atoms with Gasteiger partial charge in [-0.15, -0.1) is 0 Å². The van der Waals surface area contributed by atoms with Gasteiger partial charge in [0.2, 0.25) is 15.9 Å². The van der Waals surface area contributed by atoms with Gasteiger partial charge in [-0.2, -0.15) is 4.31 Å². The molecular weight excluding hydrogens is 399 g/mol. The number of benzene rings is 2. The van der Waals surface area contributed by atoms with Crippen LogP contribution in [0.3, 0.4) is 0 Å². The molecule has 0 saturated heterocycles. The van der Waals surface area contributed by atoms with Crippen molar-refractivity contribution in [2.24, 2.45) is 0 Å². The Bertz CT molecular complexity index is 808. The minimum absolute atomic E-state index is 0.00707. The van der Waals surface area contributed by atoms with Crippen LogP contribution in [0.4, 0.5) is 10.1 Å². The lowest BCUT2D eigenvalue weighted by Gasteiger charge is -2.19. The minimum Gasteiger partial charge on any atom is -0.325 e. The molecule has 0 bridgehead atoms. The molecule has 0 fully saturated rings. The Morgan fingerprint density at radius 3 is 2.25 bits per heavy atom. The number of carbonyl (C=O) groups excluding carboxylic acids is 1. The normalized spacial score (nSPS) is 11.5. The topological polar surface area (TPSA) is 66.5 Å². The first-order chi connectivity index (χ1) is 11.2. The number of hydrogen-bond acceptors (Lipinski definition) is 3. The zero-order valence-electron chi connectivity index (χ0n) is 12.9. The monoisotopic (exact) mass is 414 g/mol. The second-order valence-electron chi connectivity index (χ2n) is 5.21. The number of rotatable bonds is 6. The Hall–Kier alpha value is -1.77. The summed E-state index contributed by atoms with van der Waals surface area (Å²) in [6.07, 6.45) is 1.03. The highest BCUT2D eigenvalue weighted by atomic mass is 79.9. The van der Waals surface area contributed by atoms with E-state index in [9.17, 15) is 17.6 Å². The number of sulfonamides is 1. The molecule has 0 radical (unpaired) electrons. The first-order valence-corrected chi connectivity index (χ1v) is 9.63. The van der Waals surface area contributed by atoms with Gasteiger partial charge in [0.1, 0.15) is 5.82 Å². The first kappa shape index (κ1) is 18.6. The van der Waals surface area contributed by atoms with Crippen molar-refractivity contribution in [1.29, 1.82) is 0 Å². The first-order valence-electron chi connectivity index (χ1n) is 6.99. The summed E-state index contributed by atoms with van der Waals surface area (Å²) >= 11 is 3.29. The number of nitrogens with zero attached hydrogens (tertiary/aromatic N) is 1. The molecule has 0 aliphatic carbocycles. The predicted molar refractivity (Wildman–Crippen MR) is 94.4 cm³/mol. The average Bonchev–Trinajstić information content (AvgIpc) is 2.50. The maximum Gasteiger partial charge on any atom is 0.239 e. The highest BCUT2D eigenvalue weighted by molar-refractivity contribution is 9.10. The van der Waals surface area contributed by atoms with Crippen molar-refractivity contribution in [1.82, 2.24) is 4.31 Å². The van der Waals surface area contributed by atoms with Gasteiger partial charge in [-0.3, -0.25) is 4.79 Å². The average molecular weight is 415 g/mol. The molecule has 0 heterocycles. The number of amides is 1. The number of nitrogens with one attached hydrogen (secondary N) is 1. The number of carbonyl (C=O) groups is 1. The molecule has 2 rings (SSSR count). The van der Waals surface area contributed by atoms with Crippen LogP contribution in [0.15, 0.2) is 53.0 Å². The largest absolute Gasteiger partial charge is 0.325 e. The zero-order valence-corrected chi connectivity index (χ0v) is 15.3. The lowest BCUT2D eigenvalue weighted by atomic mass is 10.2. The minimum atomic E-state index is -3.60. The van der Waals surface area contributed by atoms with Gasteiger partial charge < -0.3 is 5.32 Å². The summed E-state index contributed by atoms with van der Waals surface area (Å²) in [6, 6.07) is 12.4. The van der Waals surface area contributed by atoms with Gasteiger partial charge in [-0.25, -0.2) is 12.8 Å². The van der Waals surface area contributed by atoms with Crippen LogP contribution in [0, 0.1) is 5.82 Å². The molecule has 0 aromatic heterocycles. The second-order valence-corrected chi connectivity index (χ2v) is 8.11. The van der Waals surface area contributed by atoms with Gasteiger partial charge in [0.15, 0.2) is 0 Å². The van der Waals surface area contributed by atoms with Gasteiger partial charge in [0, 0.05) is 16.7 Å². The molecule has 0 unspecified atom stereocenters. The lowest BCUT2D eigenvalue weighted by Crippen LogP contribution is -2.36. The van der Waals surface area contributed by atoms with E-state index < -0.39 is 21.7 Å². The Balaban J connectivity index is 2.06. The summed E-state index contributed by atoms with van der Waals surface area (Å²) in [5.41, 5.74) is 1.16. The molecule has 0 spiro atoms. The van der Waals surface area contributed by atoms with Crippen LogP contribution < -0.4 is 5.32 Å². The van der Waals surface area contributed by atoms with E-state index in [0.717, 1.165) is 15.0 Å². The van der Waals surface area contributed by atoms with Crippen LogP contribution in [0.1, 0.15) is 5.56 Å². The highest BCUT2D eigenvalue weighted by Crippen LogP contribution is 2.15. The fourth-order valence-electron chi connectivity index (χ4n) is 1.98. The molecule has 1 N–H and O–H groups in total. The maximum atomic E-state index is 12.9. The van der Waals surface area contributed by atoms with Crippen molar-refractivity contribution in [2.75, 3.05) is 18.1 Å². The van der Waals surface area contributed by atoms with Crippen molar-refractivity contribution in [3.63, 3.8) is 0 Å². The molecule has 0 saturated carbocycles. The summed E-state index contributed by atoms with van der Waals surface area (Å²) in [4.78, 5) is 12.1. The van der Waals surface area contributed by atoms with Gasteiger partial charge in [0.25, 0.3) is 0 Å². The van der Waals surface area contributed by atoms with E-state index in [1.807, 2.05) is 0 Å². The lowest BCUT2D eigenvalue weighted by molar-refractivity contribution is -0.116. The molecule has 128 valence electrons. The predicted octanol–water partition coefficient (Wildman–Crippen LogP) is 2.99. The summed E-state index contributed by atoms with van der Waals surface area (Å²) in [5.74, 6) is -0.859. The second kappa shape index (κ2) is 7.87. The molecule has 2 aromatic carbocycles. The summed E-state index contributed by atoms with van der Waals surface area (Å²) in [7, 11) is -3.60. The van der Waals surface area contributed by atoms with Crippen molar-refractivity contribution in [2.45, 2.75) is 6.54 Å². The van der Waals surface area contributed by atoms with E-state index in [1.165, 1.54) is 24.3 Å². The van der Waals surface area contributed by atoms with Gasteiger partial charge in [-0.1, -0.05) is 28.1 Å². The molecule has 1 amide bonds. The number of hydrogen-bond donors (Lipinski definition) is 1. The quantitative estimate of drug-likeness (QED) is 0.789. The van der Waals surface area contributed by atoms with E-state index in [4.69, 9.17) is 0 Å². The summed E-state index contributed by atoms with van der Waals surface area (Å²) in [5, 5.41) is 2.64. The third-order valence-electron chi connectivity index (χ3n) is 3.19. The molecule has 0 aliphatic rings. The van der Waals surface area contributed by atoms with E-state index in [2.05, 4.69) is 21.2 Å². The Morgan fingerprint density at radius 2 is 1.71 bits per heavy atom. The van der Waals surface area contributed by atoms with Crippen LogP contribution in [0.5, 0.6) is 0 Å². The van der Waals surface area contributed by atoms with Crippen molar-refractivity contribution < 1.29 is 17.6 Å². The molecule has 8 heteroatoms. The summed E-state index contributed by atoms with van der Waals surface area (Å²) in [6.45, 7) is -0.334. The molecule has 2 aromatic rings. The van der Waals surface area contributed by atoms with Crippen molar-refractivity contribution in [3.8, 4) is 0 Å². The third kappa shape index (κ3) is 5.70. The number of anilines is 1. The van der Waals surface area contributed by atoms with E-state index >= 15 is 0 Å². The van der Waals surface area contributed by atoms with E-state index in [1.54, 1.807) is 24.3 Å². The smallest absolute Gasteiger partial charge is 0.239 e. The third-order valence-corrected chi connectivity index (χ3v) is 4.91. The Morgan fingerprint density at radius 1 is 1.12 bits per heavy atom. The maximum absolute atomic E-state index is 12.9. The van der Waals surface area contributed by atoms with Crippen LogP contribution in [0.25, 0.3) is 0 Å². The standard InChI is InChI=1S/C16H16BrFN2O3S/c1-24(22,23)20(10-12-2-6-14(18)7-3-12)11-16(21)19-15-8-4-13(17)5-9-15/h2-9H,10-11H2,1H3,(H,19,21). The fourth-order valence-corrected chi connectivity index (χ4v) is 2.98. The Labute approximate surface area is 148 Å². The highest BCUT2D eigenvalue weighted by Gasteiger charge is 2.20. The van der Waals surface area contributed by atoms with Crippen LogP contribution >= 0.6 is 15.9 Å². The summed E-state index contributed by atoms with van der Waals surface area (Å²) < 4.78 is 38.6. The molecule has 0 atom stereocenters. The molecule has 0 aliphatic heterocycles. The zero-order chi connectivity index (χ0) is 17.7. The van der Waals surface area contributed by atoms with Crippen LogP contribution in [-0.4, -0.2) is 31.4 Å². The molecule has 5 nitrogen and oxygen atoms in total. The van der Waals surface area contributed by atoms with Gasteiger partial charge >= 0.3 is 0 Å². The van der Waals surface area contributed by atoms with Gasteiger partial charge in [0.05, 0.1) is 12.8 Å². The van der Waals surface area contributed by atoms with E-state index in [-0.39, 0.29) is 13.1 Å². The van der Waals surface area contributed by atoms with Crippen LogP contribution in [-0.2, 0) is 21.4 Å². The van der Waals surface area contributed by atoms with Crippen molar-refractivity contribution in [3.05, 3.63) is 64.4 Å². The molecule has 24 heavy (non-hydrogen) atoms. The van der Waals surface area contributed by atoms with Crippen molar-refractivity contribution >= 4 is 37.5 Å². The Kier molecular flexibility index (Phi) is 6.09. The molecular formula is C16H16BrFN2O3S. The fraction of sp³-hybridized carbons (Fsp3) is 0.188. The van der Waals surface area contributed by atoms with E-state index in [0.29, 0.717) is 11.3 Å².